The van der Waals surface area contributed by atoms with Crippen molar-refractivity contribution in [3.8, 4) is 0 Å². The summed E-state index contributed by atoms with van der Waals surface area (Å²) in [6, 6.07) is 7.81. The van der Waals surface area contributed by atoms with Crippen LogP contribution < -0.4 is 16.4 Å². The van der Waals surface area contributed by atoms with Gasteiger partial charge < -0.3 is 14.5 Å². The van der Waals surface area contributed by atoms with Gasteiger partial charge in [-0.1, -0.05) is 18.6 Å². The molecule has 3 rings (SSSR count). The molecule has 1 atom stereocenters. The summed E-state index contributed by atoms with van der Waals surface area (Å²) < 4.78 is 2.76. The zero-order valence-corrected chi connectivity index (χ0v) is 16.1. The Balaban J connectivity index is 1.61. The Hall–Kier alpha value is -2.41. The zero-order valence-electron chi connectivity index (χ0n) is 16.1. The summed E-state index contributed by atoms with van der Waals surface area (Å²) >= 11 is 0. The fourth-order valence-electron chi connectivity index (χ4n) is 3.81. The Morgan fingerprint density at radius 3 is 2.59 bits per heavy atom. The third kappa shape index (κ3) is 4.30. The third-order valence-corrected chi connectivity index (χ3v) is 5.49. The summed E-state index contributed by atoms with van der Waals surface area (Å²) in [5, 5.41) is 2.93. The molecule has 1 aliphatic rings. The molecule has 2 heterocycles. The number of para-hydroxylation sites is 2. The first-order valence-corrected chi connectivity index (χ1v) is 9.68. The molecular weight excluding hydrogens is 344 g/mol. The van der Waals surface area contributed by atoms with E-state index in [1.54, 1.807) is 19.2 Å². The minimum atomic E-state index is -0.592. The van der Waals surface area contributed by atoms with Gasteiger partial charge in [0, 0.05) is 39.1 Å². The maximum Gasteiger partial charge on any atom is 0.316 e. The monoisotopic (exact) mass is 372 g/mol. The molecule has 7 nitrogen and oxygen atoms in total. The highest BCUT2D eigenvalue weighted by Gasteiger charge is 2.17. The van der Waals surface area contributed by atoms with Crippen LogP contribution in [0.1, 0.15) is 32.6 Å². The highest BCUT2D eigenvalue weighted by Crippen LogP contribution is 2.15. The van der Waals surface area contributed by atoms with Crippen LogP contribution in [0, 0.1) is 0 Å². The van der Waals surface area contributed by atoms with E-state index in [0.717, 1.165) is 13.1 Å². The third-order valence-electron chi connectivity index (χ3n) is 5.49. The van der Waals surface area contributed by atoms with Gasteiger partial charge in [-0.2, -0.15) is 0 Å². The Morgan fingerprint density at radius 2 is 1.85 bits per heavy atom. The van der Waals surface area contributed by atoms with Gasteiger partial charge >= 0.3 is 11.1 Å². The van der Waals surface area contributed by atoms with Crippen molar-refractivity contribution in [1.29, 1.82) is 0 Å². The molecule has 7 heteroatoms. The van der Waals surface area contributed by atoms with Gasteiger partial charge in [-0.15, -0.1) is 0 Å². The van der Waals surface area contributed by atoms with Gasteiger partial charge in [0.25, 0.3) is 0 Å². The Labute approximate surface area is 158 Å². The fourth-order valence-corrected chi connectivity index (χ4v) is 3.81. The summed E-state index contributed by atoms with van der Waals surface area (Å²) in [4.78, 5) is 39.1. The van der Waals surface area contributed by atoms with Crippen molar-refractivity contribution in [2.75, 3.05) is 19.6 Å². The topological polar surface area (TPSA) is 76.3 Å². The van der Waals surface area contributed by atoms with Gasteiger partial charge in [-0.05, 0) is 38.4 Å². The predicted molar refractivity (Wildman–Crippen MR) is 106 cm³/mol. The lowest BCUT2D eigenvalue weighted by Gasteiger charge is -2.33. The SMILES string of the molecule is CC1CCCCN1CCNC(=O)CCn1c(=O)c(=O)n(C)c2ccccc21. The van der Waals surface area contributed by atoms with Crippen LogP contribution in [0.15, 0.2) is 33.9 Å². The zero-order chi connectivity index (χ0) is 19.4. The maximum atomic E-state index is 12.4. The number of carbonyl (C=O) groups excluding carboxylic acids is 1. The van der Waals surface area contributed by atoms with E-state index in [2.05, 4.69) is 17.1 Å². The van der Waals surface area contributed by atoms with Crippen molar-refractivity contribution in [2.45, 2.75) is 45.2 Å². The van der Waals surface area contributed by atoms with E-state index in [-0.39, 0.29) is 18.9 Å². The number of nitrogens with one attached hydrogen (secondary N) is 1. The van der Waals surface area contributed by atoms with Crippen LogP contribution in [-0.2, 0) is 18.4 Å². The average Bonchev–Trinajstić information content (AvgIpc) is 2.68. The largest absolute Gasteiger partial charge is 0.355 e. The minimum Gasteiger partial charge on any atom is -0.355 e. The number of carbonyl (C=O) groups is 1. The molecule has 0 aliphatic carbocycles. The van der Waals surface area contributed by atoms with E-state index in [4.69, 9.17) is 0 Å². The number of hydrogen-bond donors (Lipinski definition) is 1. The van der Waals surface area contributed by atoms with Gasteiger partial charge in [0.15, 0.2) is 0 Å². The van der Waals surface area contributed by atoms with E-state index in [9.17, 15) is 14.4 Å². The first kappa shape index (κ1) is 19.4. The summed E-state index contributed by atoms with van der Waals surface area (Å²) in [6.45, 7) is 4.97. The highest BCUT2D eigenvalue weighted by atomic mass is 16.2. The number of rotatable bonds is 6. The summed E-state index contributed by atoms with van der Waals surface area (Å²) in [6.07, 6.45) is 3.89. The second-order valence-electron chi connectivity index (χ2n) is 7.29. The van der Waals surface area contributed by atoms with E-state index in [1.807, 2.05) is 12.1 Å². The normalized spacial score (nSPS) is 17.9. The second-order valence-corrected chi connectivity index (χ2v) is 7.29. The van der Waals surface area contributed by atoms with Crippen molar-refractivity contribution in [3.63, 3.8) is 0 Å². The number of piperidine rings is 1. The van der Waals surface area contributed by atoms with E-state index >= 15 is 0 Å². The van der Waals surface area contributed by atoms with Crippen LogP contribution >= 0.6 is 0 Å². The van der Waals surface area contributed by atoms with Gasteiger partial charge in [-0.3, -0.25) is 19.3 Å². The van der Waals surface area contributed by atoms with Gasteiger partial charge in [0.05, 0.1) is 11.0 Å². The molecule has 27 heavy (non-hydrogen) atoms. The number of aromatic nitrogens is 2. The molecule has 2 aromatic rings. The molecule has 1 fully saturated rings. The number of fused-ring (bicyclic) bond motifs is 1. The van der Waals surface area contributed by atoms with Crippen LogP contribution in [0.5, 0.6) is 0 Å². The molecule has 0 saturated carbocycles. The van der Waals surface area contributed by atoms with Crippen molar-refractivity contribution in [2.24, 2.45) is 7.05 Å². The number of benzene rings is 1. The molecule has 1 aliphatic heterocycles. The number of likely N-dealkylation sites (tertiary alicyclic amines) is 1. The summed E-state index contributed by atoms with van der Waals surface area (Å²) in [5.74, 6) is -0.101. The molecular formula is C20H28N4O3. The molecule has 1 amide bonds. The first-order chi connectivity index (χ1) is 13.0. The van der Waals surface area contributed by atoms with Gasteiger partial charge in [0.2, 0.25) is 5.91 Å². The van der Waals surface area contributed by atoms with E-state index in [1.165, 1.54) is 28.4 Å². The fraction of sp³-hybridized carbons (Fsp3) is 0.550. The molecule has 1 aromatic heterocycles. The number of aryl methyl sites for hydroxylation is 2. The van der Waals surface area contributed by atoms with Crippen molar-refractivity contribution >= 4 is 16.9 Å². The Kier molecular flexibility index (Phi) is 6.11. The number of nitrogens with zero attached hydrogens (tertiary/aromatic N) is 3. The van der Waals surface area contributed by atoms with Crippen molar-refractivity contribution in [1.82, 2.24) is 19.4 Å². The lowest BCUT2D eigenvalue weighted by Crippen LogP contribution is -2.43. The summed E-state index contributed by atoms with van der Waals surface area (Å²) in [5.41, 5.74) is 0.181. The molecule has 1 unspecified atom stereocenters. The lowest BCUT2D eigenvalue weighted by atomic mass is 10.0. The quantitative estimate of drug-likeness (QED) is 0.770. The number of hydrogen-bond acceptors (Lipinski definition) is 4. The molecule has 0 radical (unpaired) electrons. The molecule has 146 valence electrons. The maximum absolute atomic E-state index is 12.4. The minimum absolute atomic E-state index is 0.101. The van der Waals surface area contributed by atoms with Crippen molar-refractivity contribution < 1.29 is 4.79 Å². The number of amides is 1. The van der Waals surface area contributed by atoms with Crippen LogP contribution in [-0.4, -0.2) is 45.6 Å². The highest BCUT2D eigenvalue weighted by molar-refractivity contribution is 5.77. The molecule has 0 spiro atoms. The van der Waals surface area contributed by atoms with E-state index in [0.29, 0.717) is 23.6 Å². The average molecular weight is 372 g/mol. The standard InChI is InChI=1S/C20H28N4O3/c1-15-7-5-6-12-23(15)14-11-21-18(25)10-13-24-17-9-4-3-8-16(17)22(2)19(26)20(24)27/h3-4,8-9,15H,5-7,10-14H2,1-2H3,(H,21,25). The molecule has 1 saturated heterocycles. The molecule has 1 aromatic carbocycles. The Bertz CT molecular complexity index is 931. The van der Waals surface area contributed by atoms with E-state index < -0.39 is 11.1 Å². The van der Waals surface area contributed by atoms with Crippen LogP contribution in [0.4, 0.5) is 0 Å². The van der Waals surface area contributed by atoms with Crippen LogP contribution in [0.3, 0.4) is 0 Å². The van der Waals surface area contributed by atoms with Crippen molar-refractivity contribution in [3.05, 3.63) is 45.0 Å². The first-order valence-electron chi connectivity index (χ1n) is 9.68. The smallest absolute Gasteiger partial charge is 0.316 e. The van der Waals surface area contributed by atoms with Crippen LogP contribution in [0.25, 0.3) is 11.0 Å². The van der Waals surface area contributed by atoms with Crippen LogP contribution in [0.2, 0.25) is 0 Å². The van der Waals surface area contributed by atoms with Gasteiger partial charge in [0.1, 0.15) is 0 Å². The Morgan fingerprint density at radius 1 is 1.11 bits per heavy atom. The second kappa shape index (κ2) is 8.52. The molecule has 0 bridgehead atoms. The molecule has 1 N–H and O–H groups in total. The lowest BCUT2D eigenvalue weighted by molar-refractivity contribution is -0.121. The van der Waals surface area contributed by atoms with Gasteiger partial charge in [-0.25, -0.2) is 0 Å². The summed E-state index contributed by atoms with van der Waals surface area (Å²) in [7, 11) is 1.59. The predicted octanol–water partition coefficient (Wildman–Crippen LogP) is 1.08.